The minimum Gasteiger partial charge on any atom is -0.366 e. The summed E-state index contributed by atoms with van der Waals surface area (Å²) in [5.74, 6) is -0.488. The fourth-order valence-electron chi connectivity index (χ4n) is 2.94. The molecule has 1 saturated heterocycles. The Hall–Kier alpha value is -2.38. The molecule has 2 amide bonds. The van der Waals surface area contributed by atoms with Crippen LogP contribution >= 0.6 is 12.4 Å². The summed E-state index contributed by atoms with van der Waals surface area (Å²) >= 11 is 0. The molecule has 7 nitrogen and oxygen atoms in total. The van der Waals surface area contributed by atoms with Gasteiger partial charge in [-0.1, -0.05) is 12.1 Å². The molecule has 134 valence electrons. The van der Waals surface area contributed by atoms with Crippen LogP contribution in [-0.2, 0) is 0 Å². The second kappa shape index (κ2) is 8.13. The summed E-state index contributed by atoms with van der Waals surface area (Å²) in [4.78, 5) is 30.0. The van der Waals surface area contributed by atoms with Crippen LogP contribution in [0.5, 0.6) is 0 Å². The van der Waals surface area contributed by atoms with Gasteiger partial charge in [0.2, 0.25) is 5.91 Å². The lowest BCUT2D eigenvalue weighted by Crippen LogP contribution is -2.45. The van der Waals surface area contributed by atoms with Crippen molar-refractivity contribution in [2.24, 2.45) is 5.73 Å². The number of aromatic nitrogens is 2. The Morgan fingerprint density at radius 3 is 2.72 bits per heavy atom. The van der Waals surface area contributed by atoms with Crippen molar-refractivity contribution in [1.29, 1.82) is 0 Å². The monoisotopic (exact) mass is 363 g/mol. The molecule has 0 aliphatic carbocycles. The number of rotatable bonds is 3. The molecule has 3 N–H and O–H groups in total. The van der Waals surface area contributed by atoms with Gasteiger partial charge in [-0.3, -0.25) is 9.36 Å². The van der Waals surface area contributed by atoms with E-state index >= 15 is 0 Å². The maximum atomic E-state index is 12.6. The number of amides is 2. The van der Waals surface area contributed by atoms with Crippen molar-refractivity contribution in [1.82, 2.24) is 19.8 Å². The molecule has 3 rings (SSSR count). The Bertz CT molecular complexity index is 755. The van der Waals surface area contributed by atoms with Crippen molar-refractivity contribution in [3.63, 3.8) is 0 Å². The summed E-state index contributed by atoms with van der Waals surface area (Å²) < 4.78 is 1.48. The summed E-state index contributed by atoms with van der Waals surface area (Å²) in [6, 6.07) is 7.04. The molecule has 2 aromatic rings. The maximum Gasteiger partial charge on any atom is 0.329 e. The van der Waals surface area contributed by atoms with E-state index in [4.69, 9.17) is 5.73 Å². The number of piperidine rings is 1. The second-order valence-electron chi connectivity index (χ2n) is 5.99. The van der Waals surface area contributed by atoms with Crippen LogP contribution in [0.4, 0.5) is 4.79 Å². The third-order valence-electron chi connectivity index (χ3n) is 4.40. The molecule has 1 fully saturated rings. The Labute approximate surface area is 152 Å². The van der Waals surface area contributed by atoms with Crippen LogP contribution in [0.25, 0.3) is 11.3 Å². The van der Waals surface area contributed by atoms with Gasteiger partial charge in [0.15, 0.2) is 0 Å². The first kappa shape index (κ1) is 19.0. The van der Waals surface area contributed by atoms with Crippen molar-refractivity contribution in [2.75, 3.05) is 20.1 Å². The topological polar surface area (TPSA) is 93.2 Å². The van der Waals surface area contributed by atoms with Crippen LogP contribution in [-0.4, -0.2) is 52.6 Å². The van der Waals surface area contributed by atoms with Crippen LogP contribution in [0.1, 0.15) is 23.2 Å². The Balaban J connectivity index is 0.00000225. The van der Waals surface area contributed by atoms with Crippen molar-refractivity contribution < 1.29 is 9.59 Å². The molecule has 0 unspecified atom stereocenters. The number of hydrogen-bond donors (Lipinski definition) is 2. The van der Waals surface area contributed by atoms with Crippen molar-refractivity contribution in [2.45, 2.75) is 18.9 Å². The molecule has 1 aromatic heterocycles. The minimum absolute atomic E-state index is 0. The number of hydrogen-bond acceptors (Lipinski definition) is 4. The highest BCUT2D eigenvalue weighted by Gasteiger charge is 2.23. The molecule has 2 heterocycles. The molecule has 25 heavy (non-hydrogen) atoms. The number of carbonyl (C=O) groups excluding carboxylic acids is 2. The first-order valence-corrected chi connectivity index (χ1v) is 7.98. The Kier molecular flexibility index (Phi) is 6.17. The van der Waals surface area contributed by atoms with E-state index in [2.05, 4.69) is 10.3 Å². The van der Waals surface area contributed by atoms with Gasteiger partial charge in [-0.15, -0.1) is 12.4 Å². The fourth-order valence-corrected chi connectivity index (χ4v) is 2.94. The summed E-state index contributed by atoms with van der Waals surface area (Å²) in [6.07, 6.45) is 5.08. The molecule has 0 bridgehead atoms. The zero-order chi connectivity index (χ0) is 17.1. The number of nitrogens with one attached hydrogen (secondary N) is 1. The number of nitrogens with two attached hydrogens (primary N) is 1. The minimum atomic E-state index is -0.488. The van der Waals surface area contributed by atoms with Gasteiger partial charge in [0.25, 0.3) is 0 Å². The van der Waals surface area contributed by atoms with Crippen molar-refractivity contribution in [3.8, 4) is 11.3 Å². The lowest BCUT2D eigenvalue weighted by Gasteiger charge is -2.31. The summed E-state index contributed by atoms with van der Waals surface area (Å²) in [5, 5.41) is 3.29. The lowest BCUT2D eigenvalue weighted by molar-refractivity contribution is 0.100. The standard InChI is InChI=1S/C17H21N5O2.ClH/c1-21(14-5-7-19-8-6-14)17(24)22-10-15(20-11-22)12-3-2-4-13(9-12)16(18)23;/h2-4,9-11,14,19H,5-8H2,1H3,(H2,18,23);1H. The third-order valence-corrected chi connectivity index (χ3v) is 4.40. The van der Waals surface area contributed by atoms with Gasteiger partial charge >= 0.3 is 6.03 Å². The number of primary amides is 1. The van der Waals surface area contributed by atoms with E-state index in [9.17, 15) is 9.59 Å². The summed E-state index contributed by atoms with van der Waals surface area (Å²) in [5.41, 5.74) is 7.10. The van der Waals surface area contributed by atoms with E-state index in [1.165, 1.54) is 10.9 Å². The zero-order valence-electron chi connectivity index (χ0n) is 14.0. The van der Waals surface area contributed by atoms with Gasteiger partial charge in [0.05, 0.1) is 5.69 Å². The molecule has 1 aromatic carbocycles. The highest BCUT2D eigenvalue weighted by atomic mass is 35.5. The highest BCUT2D eigenvalue weighted by Crippen LogP contribution is 2.19. The van der Waals surface area contributed by atoms with E-state index < -0.39 is 5.91 Å². The predicted octanol–water partition coefficient (Wildman–Crippen LogP) is 1.72. The van der Waals surface area contributed by atoms with Gasteiger partial charge in [-0.25, -0.2) is 9.78 Å². The first-order chi connectivity index (χ1) is 11.6. The smallest absolute Gasteiger partial charge is 0.329 e. The number of imidazole rings is 1. The molecule has 0 radical (unpaired) electrons. The number of nitrogens with zero attached hydrogens (tertiary/aromatic N) is 3. The molecule has 0 atom stereocenters. The number of carbonyl (C=O) groups is 2. The van der Waals surface area contributed by atoms with Crippen LogP contribution in [0.15, 0.2) is 36.8 Å². The number of halogens is 1. The first-order valence-electron chi connectivity index (χ1n) is 7.98. The van der Waals surface area contributed by atoms with E-state index in [1.807, 2.05) is 13.1 Å². The van der Waals surface area contributed by atoms with E-state index in [0.717, 1.165) is 31.5 Å². The largest absolute Gasteiger partial charge is 0.366 e. The average Bonchev–Trinajstić information content (AvgIpc) is 3.11. The zero-order valence-corrected chi connectivity index (χ0v) is 14.8. The Morgan fingerprint density at radius 1 is 1.32 bits per heavy atom. The van der Waals surface area contributed by atoms with Gasteiger partial charge in [-0.05, 0) is 38.1 Å². The molecule has 8 heteroatoms. The van der Waals surface area contributed by atoms with Crippen molar-refractivity contribution >= 4 is 24.3 Å². The summed E-state index contributed by atoms with van der Waals surface area (Å²) in [7, 11) is 1.83. The van der Waals surface area contributed by atoms with Gasteiger partial charge < -0.3 is 16.0 Å². The van der Waals surface area contributed by atoms with E-state index in [-0.39, 0.29) is 24.5 Å². The van der Waals surface area contributed by atoms with Crippen LogP contribution in [0.2, 0.25) is 0 Å². The third kappa shape index (κ3) is 4.18. The van der Waals surface area contributed by atoms with Crippen molar-refractivity contribution in [3.05, 3.63) is 42.4 Å². The second-order valence-corrected chi connectivity index (χ2v) is 5.99. The highest BCUT2D eigenvalue weighted by molar-refractivity contribution is 5.94. The van der Waals surface area contributed by atoms with Crippen LogP contribution < -0.4 is 11.1 Å². The predicted molar refractivity (Wildman–Crippen MR) is 97.9 cm³/mol. The van der Waals surface area contributed by atoms with Crippen LogP contribution in [0, 0.1) is 0 Å². The number of benzene rings is 1. The molecule has 0 spiro atoms. The average molecular weight is 364 g/mol. The molecular formula is C17H22ClN5O2. The molecule has 0 saturated carbocycles. The molecule has 1 aliphatic heterocycles. The molecule has 1 aliphatic rings. The van der Waals surface area contributed by atoms with E-state index in [0.29, 0.717) is 11.3 Å². The van der Waals surface area contributed by atoms with Crippen LogP contribution in [0.3, 0.4) is 0 Å². The fraction of sp³-hybridized carbons (Fsp3) is 0.353. The normalized spacial score (nSPS) is 14.6. The van der Waals surface area contributed by atoms with Gasteiger partial charge in [0.1, 0.15) is 6.33 Å². The maximum absolute atomic E-state index is 12.6. The molecular weight excluding hydrogens is 342 g/mol. The summed E-state index contributed by atoms with van der Waals surface area (Å²) in [6.45, 7) is 1.86. The van der Waals surface area contributed by atoms with E-state index in [1.54, 1.807) is 29.3 Å². The van der Waals surface area contributed by atoms with Gasteiger partial charge in [0, 0.05) is 30.4 Å². The van der Waals surface area contributed by atoms with Gasteiger partial charge in [-0.2, -0.15) is 0 Å². The lowest BCUT2D eigenvalue weighted by atomic mass is 10.1. The quantitative estimate of drug-likeness (QED) is 0.868. The Morgan fingerprint density at radius 2 is 2.04 bits per heavy atom. The SMILES string of the molecule is CN(C(=O)n1cnc(-c2cccc(C(N)=O)c2)c1)C1CCNCC1.Cl.